The molecule has 0 amide bonds. The van der Waals surface area contributed by atoms with Crippen LogP contribution in [0.3, 0.4) is 0 Å². The van der Waals surface area contributed by atoms with Gasteiger partial charge in [0.15, 0.2) is 5.82 Å². The Morgan fingerprint density at radius 2 is 0.982 bits per heavy atom. The van der Waals surface area contributed by atoms with Gasteiger partial charge in [0.1, 0.15) is 11.2 Å². The molecule has 0 saturated carbocycles. The van der Waals surface area contributed by atoms with E-state index in [1.807, 2.05) is 36.4 Å². The minimum absolute atomic E-state index is 0.289. The highest BCUT2D eigenvalue weighted by Gasteiger charge is 2.41. The lowest BCUT2D eigenvalue weighted by Crippen LogP contribution is -2.22. The van der Waals surface area contributed by atoms with E-state index in [0.717, 1.165) is 66.7 Å². The SMILES string of the molecule is CC1(c2ccccc2)c2ccccc2-c2c(-c3ccccc3-c3cc(-c4ccc(-c5cccc6oc7ccccc7c56)cc4)nc(-c4ccccc4)n3)cccc21. The Balaban J connectivity index is 1.07. The van der Waals surface area contributed by atoms with Gasteiger partial charge in [-0.05, 0) is 75.2 Å². The van der Waals surface area contributed by atoms with E-state index >= 15 is 0 Å². The zero-order chi connectivity index (χ0) is 37.9. The number of benzene rings is 8. The van der Waals surface area contributed by atoms with Gasteiger partial charge in [0, 0.05) is 32.9 Å². The first-order valence-electron chi connectivity index (χ1n) is 19.5. The van der Waals surface area contributed by atoms with Crippen molar-refractivity contribution in [3.05, 3.63) is 217 Å². The second kappa shape index (κ2) is 13.1. The van der Waals surface area contributed by atoms with Crippen LogP contribution in [0.5, 0.6) is 0 Å². The molecule has 268 valence electrons. The lowest BCUT2D eigenvalue weighted by molar-refractivity contribution is 0.669. The van der Waals surface area contributed by atoms with Gasteiger partial charge in [0.05, 0.1) is 11.4 Å². The van der Waals surface area contributed by atoms with Gasteiger partial charge in [0.2, 0.25) is 0 Å². The van der Waals surface area contributed by atoms with Crippen LogP contribution in [0.4, 0.5) is 0 Å². The standard InChI is InChI=1S/C54H36N2O/c1-54(38-18-6-3-7-19-38)45-26-12-10-22-43(45)51-42(25-14-27-46(51)54)40-20-8-9-21-41(40)48-34-47(55-53(56-48)37-16-4-2-5-17-37)36-32-30-35(31-33-36)39-24-15-29-50-52(39)44-23-11-13-28-49(44)57-50/h2-34H,1H3. The van der Waals surface area contributed by atoms with E-state index in [2.05, 4.69) is 171 Å². The van der Waals surface area contributed by atoms with Gasteiger partial charge < -0.3 is 4.42 Å². The lowest BCUT2D eigenvalue weighted by Gasteiger charge is -2.28. The van der Waals surface area contributed by atoms with E-state index in [9.17, 15) is 0 Å². The van der Waals surface area contributed by atoms with E-state index in [-0.39, 0.29) is 5.41 Å². The van der Waals surface area contributed by atoms with Gasteiger partial charge in [-0.2, -0.15) is 0 Å². The predicted molar refractivity (Wildman–Crippen MR) is 234 cm³/mol. The molecule has 2 aromatic heterocycles. The molecule has 0 bridgehead atoms. The van der Waals surface area contributed by atoms with Crippen molar-refractivity contribution in [1.29, 1.82) is 0 Å². The van der Waals surface area contributed by atoms with Gasteiger partial charge in [0.25, 0.3) is 0 Å². The largest absolute Gasteiger partial charge is 0.456 e. The van der Waals surface area contributed by atoms with Gasteiger partial charge in [-0.1, -0.05) is 182 Å². The van der Waals surface area contributed by atoms with Crippen LogP contribution in [0.25, 0.3) is 89.2 Å². The average molecular weight is 729 g/mol. The molecule has 1 atom stereocenters. The fourth-order valence-corrected chi connectivity index (χ4v) is 9.07. The van der Waals surface area contributed by atoms with E-state index in [4.69, 9.17) is 14.4 Å². The van der Waals surface area contributed by atoms with E-state index in [1.54, 1.807) is 0 Å². The number of nitrogens with zero attached hydrogens (tertiary/aromatic N) is 2. The smallest absolute Gasteiger partial charge is 0.160 e. The number of hydrogen-bond donors (Lipinski definition) is 0. The van der Waals surface area contributed by atoms with E-state index < -0.39 is 0 Å². The summed E-state index contributed by atoms with van der Waals surface area (Å²) in [5.41, 5.74) is 17.4. The monoisotopic (exact) mass is 728 g/mol. The normalized spacial score (nSPS) is 14.5. The molecule has 1 unspecified atom stereocenters. The molecule has 0 N–H and O–H groups in total. The zero-order valence-corrected chi connectivity index (χ0v) is 31.4. The lowest BCUT2D eigenvalue weighted by atomic mass is 9.74. The highest BCUT2D eigenvalue weighted by atomic mass is 16.3. The van der Waals surface area contributed by atoms with Crippen molar-refractivity contribution in [2.24, 2.45) is 0 Å². The Morgan fingerprint density at radius 3 is 1.81 bits per heavy atom. The number of para-hydroxylation sites is 1. The Hall–Kier alpha value is -7.36. The summed E-state index contributed by atoms with van der Waals surface area (Å²) >= 11 is 0. The van der Waals surface area contributed by atoms with E-state index in [0.29, 0.717) is 5.82 Å². The molecule has 0 spiro atoms. The average Bonchev–Trinajstić information content (AvgIpc) is 3.80. The minimum Gasteiger partial charge on any atom is -0.456 e. The molecular weight excluding hydrogens is 693 g/mol. The molecule has 1 aliphatic rings. The van der Waals surface area contributed by atoms with Crippen LogP contribution < -0.4 is 0 Å². The number of rotatable bonds is 6. The van der Waals surface area contributed by atoms with Crippen LogP contribution in [0.1, 0.15) is 23.6 Å². The number of hydrogen-bond acceptors (Lipinski definition) is 3. The van der Waals surface area contributed by atoms with Crippen molar-refractivity contribution in [1.82, 2.24) is 9.97 Å². The Morgan fingerprint density at radius 1 is 0.404 bits per heavy atom. The number of fused-ring (bicyclic) bond motifs is 6. The predicted octanol–water partition coefficient (Wildman–Crippen LogP) is 14.0. The molecule has 0 aliphatic heterocycles. The molecule has 10 aromatic rings. The Labute approximate surface area is 331 Å². The van der Waals surface area contributed by atoms with Gasteiger partial charge in [-0.15, -0.1) is 0 Å². The molecule has 57 heavy (non-hydrogen) atoms. The van der Waals surface area contributed by atoms with Crippen molar-refractivity contribution < 1.29 is 4.42 Å². The molecule has 3 nitrogen and oxygen atoms in total. The highest BCUT2D eigenvalue weighted by Crippen LogP contribution is 2.55. The molecule has 2 heterocycles. The van der Waals surface area contributed by atoms with Gasteiger partial charge in [-0.3, -0.25) is 0 Å². The summed E-state index contributed by atoms with van der Waals surface area (Å²) in [7, 11) is 0. The molecule has 1 aliphatic carbocycles. The summed E-state index contributed by atoms with van der Waals surface area (Å²) in [6, 6.07) is 71.0. The van der Waals surface area contributed by atoms with Crippen molar-refractivity contribution in [2.45, 2.75) is 12.3 Å². The first kappa shape index (κ1) is 33.0. The van der Waals surface area contributed by atoms with E-state index in [1.165, 1.54) is 33.4 Å². The summed E-state index contributed by atoms with van der Waals surface area (Å²) in [4.78, 5) is 10.5. The van der Waals surface area contributed by atoms with Crippen LogP contribution in [0.2, 0.25) is 0 Å². The van der Waals surface area contributed by atoms with Crippen molar-refractivity contribution in [3.8, 4) is 67.3 Å². The van der Waals surface area contributed by atoms with Crippen molar-refractivity contribution in [2.75, 3.05) is 0 Å². The van der Waals surface area contributed by atoms with Crippen molar-refractivity contribution in [3.63, 3.8) is 0 Å². The number of aromatic nitrogens is 2. The quantitative estimate of drug-likeness (QED) is 0.171. The third kappa shape index (κ3) is 5.27. The Kier molecular flexibility index (Phi) is 7.61. The maximum absolute atomic E-state index is 6.21. The maximum Gasteiger partial charge on any atom is 0.160 e. The van der Waals surface area contributed by atoms with Crippen LogP contribution in [0.15, 0.2) is 205 Å². The van der Waals surface area contributed by atoms with Gasteiger partial charge in [-0.25, -0.2) is 9.97 Å². The summed E-state index contributed by atoms with van der Waals surface area (Å²) in [6.45, 7) is 2.37. The molecule has 3 heteroatoms. The molecule has 0 saturated heterocycles. The molecule has 8 aromatic carbocycles. The molecule has 0 radical (unpaired) electrons. The number of furan rings is 1. The molecular formula is C54H36N2O. The van der Waals surface area contributed by atoms with Crippen LogP contribution in [-0.4, -0.2) is 9.97 Å². The zero-order valence-electron chi connectivity index (χ0n) is 31.4. The first-order valence-corrected chi connectivity index (χ1v) is 19.5. The molecule has 11 rings (SSSR count). The van der Waals surface area contributed by atoms with Crippen LogP contribution >= 0.6 is 0 Å². The Bertz CT molecular complexity index is 3130. The second-order valence-electron chi connectivity index (χ2n) is 15.0. The fraction of sp³-hybridized carbons (Fsp3) is 0.0370. The summed E-state index contributed by atoms with van der Waals surface area (Å²) in [5, 5.41) is 2.25. The summed E-state index contributed by atoms with van der Waals surface area (Å²) < 4.78 is 6.21. The first-order chi connectivity index (χ1) is 28.1. The fourth-order valence-electron chi connectivity index (χ4n) is 9.07. The minimum atomic E-state index is -0.289. The van der Waals surface area contributed by atoms with Crippen LogP contribution in [0, 0.1) is 0 Å². The highest BCUT2D eigenvalue weighted by molar-refractivity contribution is 6.12. The second-order valence-corrected chi connectivity index (χ2v) is 15.0. The molecule has 0 fully saturated rings. The third-order valence-electron chi connectivity index (χ3n) is 11.8. The van der Waals surface area contributed by atoms with Crippen molar-refractivity contribution >= 4 is 21.9 Å². The third-order valence-corrected chi connectivity index (χ3v) is 11.8. The topological polar surface area (TPSA) is 38.9 Å². The maximum atomic E-state index is 6.21. The van der Waals surface area contributed by atoms with Crippen LogP contribution in [-0.2, 0) is 5.41 Å². The summed E-state index contributed by atoms with van der Waals surface area (Å²) in [6.07, 6.45) is 0. The van der Waals surface area contributed by atoms with Gasteiger partial charge >= 0.3 is 0 Å². The summed E-state index contributed by atoms with van der Waals surface area (Å²) in [5.74, 6) is 0.692.